The number of anilines is 1. The summed E-state index contributed by atoms with van der Waals surface area (Å²) in [5, 5.41) is 10.2. The molecule has 1 N–H and O–H groups in total. The van der Waals surface area contributed by atoms with E-state index in [0.29, 0.717) is 19.5 Å². The summed E-state index contributed by atoms with van der Waals surface area (Å²) < 4.78 is 46.2. The Kier molecular flexibility index (Phi) is 6.14. The molecule has 10 heteroatoms. The van der Waals surface area contributed by atoms with Gasteiger partial charge >= 0.3 is 6.01 Å². The van der Waals surface area contributed by atoms with Crippen molar-refractivity contribution in [1.82, 2.24) is 14.5 Å². The van der Waals surface area contributed by atoms with E-state index < -0.39 is 15.9 Å². The Bertz CT molecular complexity index is 1470. The van der Waals surface area contributed by atoms with Gasteiger partial charge in [0.25, 0.3) is 5.91 Å². The molecule has 8 nitrogen and oxygen atoms in total. The number of nitrogens with zero attached hydrogens (tertiary/aromatic N) is 3. The molecular formula is C25H21FN4O4S. The zero-order valence-corrected chi connectivity index (χ0v) is 19.3. The Morgan fingerprint density at radius 3 is 2.43 bits per heavy atom. The molecule has 178 valence electrons. The maximum Gasteiger partial charge on any atom is 0.322 e. The Morgan fingerprint density at radius 2 is 1.69 bits per heavy atom. The molecule has 0 saturated heterocycles. The van der Waals surface area contributed by atoms with Gasteiger partial charge in [-0.2, -0.15) is 4.31 Å². The van der Waals surface area contributed by atoms with Gasteiger partial charge < -0.3 is 4.42 Å². The highest BCUT2D eigenvalue weighted by molar-refractivity contribution is 7.89. The number of aromatic nitrogens is 2. The first kappa shape index (κ1) is 22.9. The molecule has 0 spiro atoms. The maximum absolute atomic E-state index is 13.1. The molecule has 4 aromatic rings. The number of amides is 1. The lowest BCUT2D eigenvalue weighted by Gasteiger charge is -2.28. The first-order valence-electron chi connectivity index (χ1n) is 10.9. The highest BCUT2D eigenvalue weighted by Gasteiger charge is 2.28. The van der Waals surface area contributed by atoms with Crippen LogP contribution >= 0.6 is 0 Å². The van der Waals surface area contributed by atoms with Crippen molar-refractivity contribution in [3.05, 3.63) is 107 Å². The van der Waals surface area contributed by atoms with Crippen LogP contribution < -0.4 is 5.32 Å². The van der Waals surface area contributed by atoms with Crippen LogP contribution in [0.3, 0.4) is 0 Å². The molecule has 0 fully saturated rings. The van der Waals surface area contributed by atoms with Crippen LogP contribution in [0.4, 0.5) is 10.4 Å². The van der Waals surface area contributed by atoms with E-state index in [4.69, 9.17) is 4.42 Å². The second kappa shape index (κ2) is 9.40. The van der Waals surface area contributed by atoms with Crippen LogP contribution in [0.25, 0.3) is 0 Å². The van der Waals surface area contributed by atoms with Crippen LogP contribution in [0.1, 0.15) is 32.9 Å². The molecule has 0 atom stereocenters. The van der Waals surface area contributed by atoms with Crippen molar-refractivity contribution >= 4 is 21.9 Å². The number of carbonyl (C=O) groups excluding carboxylic acids is 1. The van der Waals surface area contributed by atoms with Crippen LogP contribution in [0.2, 0.25) is 0 Å². The smallest absolute Gasteiger partial charge is 0.322 e. The van der Waals surface area contributed by atoms with Crippen molar-refractivity contribution < 1.29 is 22.0 Å². The van der Waals surface area contributed by atoms with Crippen molar-refractivity contribution in [3.8, 4) is 0 Å². The Morgan fingerprint density at radius 1 is 0.971 bits per heavy atom. The minimum atomic E-state index is -3.70. The van der Waals surface area contributed by atoms with Gasteiger partial charge in [-0.15, -0.1) is 5.10 Å². The van der Waals surface area contributed by atoms with Gasteiger partial charge in [-0.05, 0) is 59.5 Å². The molecule has 3 aromatic carbocycles. The minimum absolute atomic E-state index is 0.0872. The third kappa shape index (κ3) is 4.98. The summed E-state index contributed by atoms with van der Waals surface area (Å²) in [6.07, 6.45) is 0.944. The first-order chi connectivity index (χ1) is 16.9. The van der Waals surface area contributed by atoms with Gasteiger partial charge in [-0.25, -0.2) is 12.8 Å². The van der Waals surface area contributed by atoms with Gasteiger partial charge in [0.15, 0.2) is 0 Å². The fraction of sp³-hybridized carbons (Fsp3) is 0.160. The predicted octanol–water partition coefficient (Wildman–Crippen LogP) is 3.80. The lowest BCUT2D eigenvalue weighted by Crippen LogP contribution is -2.35. The summed E-state index contributed by atoms with van der Waals surface area (Å²) in [6, 6.07) is 19.3. The summed E-state index contributed by atoms with van der Waals surface area (Å²) in [5.74, 6) is -0.596. The fourth-order valence-corrected chi connectivity index (χ4v) is 5.34. The summed E-state index contributed by atoms with van der Waals surface area (Å²) >= 11 is 0. The molecule has 1 amide bonds. The number of nitrogens with one attached hydrogen (secondary N) is 1. The summed E-state index contributed by atoms with van der Waals surface area (Å²) in [4.78, 5) is 12.7. The number of halogens is 1. The van der Waals surface area contributed by atoms with Crippen molar-refractivity contribution in [2.75, 3.05) is 11.9 Å². The molecule has 0 saturated carbocycles. The monoisotopic (exact) mass is 492 g/mol. The number of benzene rings is 3. The molecule has 0 bridgehead atoms. The first-order valence-corrected chi connectivity index (χ1v) is 12.4. The normalized spacial score (nSPS) is 13.9. The van der Waals surface area contributed by atoms with Crippen LogP contribution in [-0.2, 0) is 29.4 Å². The highest BCUT2D eigenvalue weighted by atomic mass is 32.2. The second-order valence-corrected chi connectivity index (χ2v) is 10.1. The van der Waals surface area contributed by atoms with Crippen molar-refractivity contribution in [2.45, 2.75) is 24.3 Å². The summed E-state index contributed by atoms with van der Waals surface area (Å²) in [7, 11) is -3.70. The Labute approximate surface area is 201 Å². The van der Waals surface area contributed by atoms with Crippen molar-refractivity contribution in [2.24, 2.45) is 0 Å². The van der Waals surface area contributed by atoms with Crippen molar-refractivity contribution in [1.29, 1.82) is 0 Å². The predicted molar refractivity (Wildman–Crippen MR) is 126 cm³/mol. The number of sulfonamides is 1. The number of rotatable bonds is 6. The molecule has 1 aliphatic rings. The van der Waals surface area contributed by atoms with Crippen LogP contribution in [-0.4, -0.2) is 35.4 Å². The topological polar surface area (TPSA) is 105 Å². The summed E-state index contributed by atoms with van der Waals surface area (Å²) in [6.45, 7) is 0.719. The van der Waals surface area contributed by atoms with Gasteiger partial charge in [0, 0.05) is 18.7 Å². The van der Waals surface area contributed by atoms with Gasteiger partial charge in [0.1, 0.15) is 5.82 Å². The number of hydrogen-bond donors (Lipinski definition) is 1. The average molecular weight is 493 g/mol. The van der Waals surface area contributed by atoms with E-state index in [-0.39, 0.29) is 34.6 Å². The fourth-order valence-electron chi connectivity index (χ4n) is 3.92. The van der Waals surface area contributed by atoms with E-state index in [2.05, 4.69) is 15.5 Å². The molecule has 1 aliphatic heterocycles. The van der Waals surface area contributed by atoms with Crippen molar-refractivity contribution in [3.63, 3.8) is 0 Å². The lowest BCUT2D eigenvalue weighted by atomic mass is 10.0. The number of hydrogen-bond acceptors (Lipinski definition) is 6. The number of carbonyl (C=O) groups is 1. The van der Waals surface area contributed by atoms with E-state index in [1.807, 2.05) is 24.3 Å². The number of fused-ring (bicyclic) bond motifs is 1. The largest absolute Gasteiger partial charge is 0.407 e. The standard InChI is InChI=1S/C25H21FN4O4S/c26-21-9-5-17(6-10-21)15-23-28-29-25(34-23)27-24(31)19-7-11-22(12-8-19)35(32,33)30-14-13-18-3-1-2-4-20(18)16-30/h1-12H,13-16H2,(H,27,29,31). The van der Waals surface area contributed by atoms with E-state index in [9.17, 15) is 17.6 Å². The summed E-state index contributed by atoms with van der Waals surface area (Å²) in [5.41, 5.74) is 3.18. The second-order valence-electron chi connectivity index (χ2n) is 8.14. The molecule has 0 radical (unpaired) electrons. The Hall–Kier alpha value is -3.89. The van der Waals surface area contributed by atoms with Gasteiger partial charge in [0.05, 0.1) is 11.3 Å². The van der Waals surface area contributed by atoms with Crippen LogP contribution in [0.15, 0.2) is 82.1 Å². The molecule has 5 rings (SSSR count). The van der Waals surface area contributed by atoms with Gasteiger partial charge in [0.2, 0.25) is 15.9 Å². The van der Waals surface area contributed by atoms with Crippen LogP contribution in [0, 0.1) is 5.82 Å². The zero-order valence-electron chi connectivity index (χ0n) is 18.5. The molecule has 2 heterocycles. The van der Waals surface area contributed by atoms with Gasteiger partial charge in [-0.1, -0.05) is 41.5 Å². The molecular weight excluding hydrogens is 471 g/mol. The average Bonchev–Trinajstić information content (AvgIpc) is 3.31. The van der Waals surface area contributed by atoms with Crippen LogP contribution in [0.5, 0.6) is 0 Å². The molecule has 0 aliphatic carbocycles. The molecule has 1 aromatic heterocycles. The zero-order chi connectivity index (χ0) is 24.4. The lowest BCUT2D eigenvalue weighted by molar-refractivity contribution is 0.102. The third-order valence-electron chi connectivity index (χ3n) is 5.81. The Balaban J connectivity index is 1.24. The molecule has 35 heavy (non-hydrogen) atoms. The van der Waals surface area contributed by atoms with E-state index in [1.54, 1.807) is 12.1 Å². The SMILES string of the molecule is O=C(Nc1nnc(Cc2ccc(F)cc2)o1)c1ccc(S(=O)(=O)N2CCc3ccccc3C2)cc1. The third-order valence-corrected chi connectivity index (χ3v) is 7.67. The van der Waals surface area contributed by atoms with E-state index in [1.165, 1.54) is 40.7 Å². The van der Waals surface area contributed by atoms with Gasteiger partial charge in [-0.3, -0.25) is 10.1 Å². The maximum atomic E-state index is 13.1. The quantitative estimate of drug-likeness (QED) is 0.439. The van der Waals surface area contributed by atoms with E-state index in [0.717, 1.165) is 16.7 Å². The minimum Gasteiger partial charge on any atom is -0.407 e. The van der Waals surface area contributed by atoms with E-state index >= 15 is 0 Å². The highest BCUT2D eigenvalue weighted by Crippen LogP contribution is 2.25. The molecule has 0 unspecified atom stereocenters.